The van der Waals surface area contributed by atoms with Gasteiger partial charge in [0.15, 0.2) is 0 Å². The number of carbonyl (C=O) groups excluding carboxylic acids is 1. The maximum absolute atomic E-state index is 10.6. The van der Waals surface area contributed by atoms with Gasteiger partial charge in [-0.2, -0.15) is 0 Å². The molecular formula is C13H12N2O2. The fourth-order valence-corrected chi connectivity index (χ4v) is 1.79. The van der Waals surface area contributed by atoms with Gasteiger partial charge in [-0.1, -0.05) is 36.4 Å². The summed E-state index contributed by atoms with van der Waals surface area (Å²) in [5.74, 6) is 0. The summed E-state index contributed by atoms with van der Waals surface area (Å²) < 4.78 is 4.79. The van der Waals surface area contributed by atoms with Crippen LogP contribution >= 0.6 is 0 Å². The number of amides is 1. The zero-order chi connectivity index (χ0) is 12.3. The minimum absolute atomic E-state index is 0.147. The summed E-state index contributed by atoms with van der Waals surface area (Å²) in [6, 6.07) is 11.4. The first-order valence-corrected chi connectivity index (χ1v) is 5.15. The van der Waals surface area contributed by atoms with Crippen molar-refractivity contribution in [1.82, 2.24) is 0 Å². The van der Waals surface area contributed by atoms with Gasteiger partial charge >= 0.3 is 6.09 Å². The van der Waals surface area contributed by atoms with Crippen molar-refractivity contribution in [2.75, 3.05) is 0 Å². The molecule has 0 aliphatic heterocycles. The Balaban J connectivity index is 2.50. The van der Waals surface area contributed by atoms with E-state index in [0.29, 0.717) is 0 Å². The maximum atomic E-state index is 10.6. The molecule has 2 rings (SSSR count). The fraction of sp³-hybridized carbons (Fsp3) is 0.0769. The van der Waals surface area contributed by atoms with Gasteiger partial charge in [0.1, 0.15) is 6.61 Å². The third-order valence-corrected chi connectivity index (χ3v) is 2.57. The van der Waals surface area contributed by atoms with Gasteiger partial charge in [-0.15, -0.1) is 0 Å². The number of nitrogens with one attached hydrogen (secondary N) is 1. The van der Waals surface area contributed by atoms with E-state index < -0.39 is 6.09 Å². The first-order valence-electron chi connectivity index (χ1n) is 5.15. The Morgan fingerprint density at radius 3 is 2.59 bits per heavy atom. The second-order valence-corrected chi connectivity index (χ2v) is 3.61. The van der Waals surface area contributed by atoms with Gasteiger partial charge in [-0.05, 0) is 21.9 Å². The average molecular weight is 228 g/mol. The van der Waals surface area contributed by atoms with Crippen LogP contribution in [0.1, 0.15) is 11.1 Å². The summed E-state index contributed by atoms with van der Waals surface area (Å²) in [4.78, 5) is 10.6. The number of benzene rings is 2. The first-order chi connectivity index (χ1) is 8.22. The SMILES string of the molecule is N=Cc1ccc(COC(N)=O)c2ccccc12. The Kier molecular flexibility index (Phi) is 3.05. The zero-order valence-corrected chi connectivity index (χ0v) is 9.14. The quantitative estimate of drug-likeness (QED) is 0.791. The number of ether oxygens (including phenoxy) is 1. The van der Waals surface area contributed by atoms with Crippen molar-refractivity contribution in [3.63, 3.8) is 0 Å². The average Bonchev–Trinajstić information content (AvgIpc) is 2.35. The van der Waals surface area contributed by atoms with E-state index in [9.17, 15) is 4.79 Å². The van der Waals surface area contributed by atoms with Crippen LogP contribution in [0.15, 0.2) is 36.4 Å². The highest BCUT2D eigenvalue weighted by Crippen LogP contribution is 2.22. The second kappa shape index (κ2) is 4.65. The lowest BCUT2D eigenvalue weighted by atomic mass is 10.0. The highest BCUT2D eigenvalue weighted by Gasteiger charge is 2.05. The summed E-state index contributed by atoms with van der Waals surface area (Å²) in [5.41, 5.74) is 6.66. The van der Waals surface area contributed by atoms with E-state index in [2.05, 4.69) is 0 Å². The highest BCUT2D eigenvalue weighted by atomic mass is 16.5. The van der Waals surface area contributed by atoms with Gasteiger partial charge in [0.05, 0.1) is 0 Å². The normalized spacial score (nSPS) is 10.1. The summed E-state index contributed by atoms with van der Waals surface area (Å²) in [6.45, 7) is 0.147. The van der Waals surface area contributed by atoms with Crippen molar-refractivity contribution in [2.24, 2.45) is 5.73 Å². The van der Waals surface area contributed by atoms with Crippen LogP contribution in [0.4, 0.5) is 4.79 Å². The van der Waals surface area contributed by atoms with Gasteiger partial charge in [0, 0.05) is 6.21 Å². The maximum Gasteiger partial charge on any atom is 0.404 e. The molecule has 0 aliphatic rings. The van der Waals surface area contributed by atoms with Crippen LogP contribution in [-0.4, -0.2) is 12.3 Å². The van der Waals surface area contributed by atoms with Gasteiger partial charge in [-0.3, -0.25) is 0 Å². The number of fused-ring (bicyclic) bond motifs is 1. The lowest BCUT2D eigenvalue weighted by Crippen LogP contribution is -2.12. The molecule has 0 heterocycles. The molecule has 2 aromatic rings. The van der Waals surface area contributed by atoms with E-state index in [1.165, 1.54) is 6.21 Å². The molecule has 0 unspecified atom stereocenters. The van der Waals surface area contributed by atoms with Crippen LogP contribution in [0, 0.1) is 5.41 Å². The lowest BCUT2D eigenvalue weighted by Gasteiger charge is -2.08. The number of hydrogen-bond acceptors (Lipinski definition) is 3. The van der Waals surface area contributed by atoms with Crippen molar-refractivity contribution < 1.29 is 9.53 Å². The standard InChI is InChI=1S/C13H12N2O2/c14-7-9-5-6-10(8-17-13(15)16)12-4-2-1-3-11(9)12/h1-7,14H,8H2,(H2,15,16). The third-order valence-electron chi connectivity index (χ3n) is 2.57. The Morgan fingerprint density at radius 1 is 1.24 bits per heavy atom. The largest absolute Gasteiger partial charge is 0.445 e. The minimum Gasteiger partial charge on any atom is -0.445 e. The summed E-state index contributed by atoms with van der Waals surface area (Å²) >= 11 is 0. The summed E-state index contributed by atoms with van der Waals surface area (Å²) in [5, 5.41) is 9.27. The van der Waals surface area contributed by atoms with Crippen molar-refractivity contribution in [3.8, 4) is 0 Å². The third kappa shape index (κ3) is 2.25. The monoisotopic (exact) mass is 228 g/mol. The molecule has 0 spiro atoms. The predicted molar refractivity (Wildman–Crippen MR) is 66.2 cm³/mol. The van der Waals surface area contributed by atoms with Crippen LogP contribution in [0.2, 0.25) is 0 Å². The molecule has 0 bridgehead atoms. The second-order valence-electron chi connectivity index (χ2n) is 3.61. The van der Waals surface area contributed by atoms with Crippen molar-refractivity contribution in [2.45, 2.75) is 6.61 Å². The fourth-order valence-electron chi connectivity index (χ4n) is 1.79. The van der Waals surface area contributed by atoms with E-state index in [4.69, 9.17) is 15.9 Å². The predicted octanol–water partition coefficient (Wildman–Crippen LogP) is 2.43. The van der Waals surface area contributed by atoms with E-state index >= 15 is 0 Å². The van der Waals surface area contributed by atoms with Crippen molar-refractivity contribution in [1.29, 1.82) is 5.41 Å². The van der Waals surface area contributed by atoms with Gasteiger partial charge in [-0.25, -0.2) is 4.79 Å². The molecule has 0 atom stereocenters. The summed E-state index contributed by atoms with van der Waals surface area (Å²) in [7, 11) is 0. The van der Waals surface area contributed by atoms with Crippen LogP contribution < -0.4 is 5.73 Å². The number of carbonyl (C=O) groups is 1. The number of nitrogens with two attached hydrogens (primary N) is 1. The minimum atomic E-state index is -0.787. The van der Waals surface area contributed by atoms with Crippen molar-refractivity contribution >= 4 is 23.1 Å². The summed E-state index contributed by atoms with van der Waals surface area (Å²) in [6.07, 6.45) is 0.520. The topological polar surface area (TPSA) is 76.2 Å². The van der Waals surface area contributed by atoms with E-state index in [-0.39, 0.29) is 6.61 Å². The molecule has 4 heteroatoms. The Bertz CT molecular complexity index is 579. The van der Waals surface area contributed by atoms with E-state index in [0.717, 1.165) is 21.9 Å². The number of rotatable bonds is 3. The number of hydrogen-bond donors (Lipinski definition) is 2. The molecular weight excluding hydrogens is 216 g/mol. The Hall–Kier alpha value is -2.36. The molecule has 0 saturated heterocycles. The lowest BCUT2D eigenvalue weighted by molar-refractivity contribution is 0.150. The van der Waals surface area contributed by atoms with E-state index in [1.807, 2.05) is 36.4 Å². The molecule has 3 N–H and O–H groups in total. The van der Waals surface area contributed by atoms with Crippen LogP contribution in [0.5, 0.6) is 0 Å². The zero-order valence-electron chi connectivity index (χ0n) is 9.14. The van der Waals surface area contributed by atoms with Gasteiger partial charge in [0.2, 0.25) is 0 Å². The van der Waals surface area contributed by atoms with Crippen LogP contribution in [-0.2, 0) is 11.3 Å². The first kappa shape index (κ1) is 11.1. The number of primary amides is 1. The van der Waals surface area contributed by atoms with Gasteiger partial charge < -0.3 is 15.9 Å². The molecule has 0 aliphatic carbocycles. The van der Waals surface area contributed by atoms with E-state index in [1.54, 1.807) is 0 Å². The molecule has 86 valence electrons. The van der Waals surface area contributed by atoms with Crippen LogP contribution in [0.3, 0.4) is 0 Å². The molecule has 1 amide bonds. The molecule has 17 heavy (non-hydrogen) atoms. The Labute approximate surface area is 98.5 Å². The molecule has 0 saturated carbocycles. The molecule has 4 nitrogen and oxygen atoms in total. The molecule has 0 radical (unpaired) electrons. The Morgan fingerprint density at radius 2 is 1.94 bits per heavy atom. The van der Waals surface area contributed by atoms with Gasteiger partial charge in [0.25, 0.3) is 0 Å². The molecule has 0 aromatic heterocycles. The smallest absolute Gasteiger partial charge is 0.404 e. The molecule has 0 fully saturated rings. The van der Waals surface area contributed by atoms with Crippen molar-refractivity contribution in [3.05, 3.63) is 47.5 Å². The highest BCUT2D eigenvalue weighted by molar-refractivity contribution is 6.00. The van der Waals surface area contributed by atoms with Crippen LogP contribution in [0.25, 0.3) is 10.8 Å². The molecule has 2 aromatic carbocycles.